The first-order valence-electron chi connectivity index (χ1n) is 10.2. The molecule has 4 aromatic rings. The third-order valence-corrected chi connectivity index (χ3v) is 6.83. The fourth-order valence-electron chi connectivity index (χ4n) is 3.60. The number of pyridine rings is 1. The number of anilines is 1. The van der Waals surface area contributed by atoms with Crippen LogP contribution in [0.4, 0.5) is 5.69 Å². The van der Waals surface area contributed by atoms with Gasteiger partial charge in [-0.05, 0) is 55.2 Å². The van der Waals surface area contributed by atoms with Crippen LogP contribution in [0.2, 0.25) is 0 Å². The molecule has 5 rings (SSSR count). The summed E-state index contributed by atoms with van der Waals surface area (Å²) in [6.45, 7) is 4.18. The van der Waals surface area contributed by atoms with E-state index in [1.54, 1.807) is 42.5 Å². The highest BCUT2D eigenvalue weighted by Gasteiger charge is 2.25. The van der Waals surface area contributed by atoms with Crippen LogP contribution >= 0.6 is 0 Å². The zero-order valence-electron chi connectivity index (χ0n) is 16.9. The molecule has 1 aliphatic rings. The minimum Gasteiger partial charge on any atom is -0.280 e. The third-order valence-electron chi connectivity index (χ3n) is 5.43. The number of nitrogens with zero attached hydrogens (tertiary/aromatic N) is 3. The smallest absolute Gasteiger partial charge is 0.261 e. The molecule has 6 nitrogen and oxygen atoms in total. The predicted octanol–water partition coefficient (Wildman–Crippen LogP) is 4.71. The predicted molar refractivity (Wildman–Crippen MR) is 121 cm³/mol. The Labute approximate surface area is 181 Å². The van der Waals surface area contributed by atoms with Crippen LogP contribution in [-0.4, -0.2) is 23.0 Å². The number of hydrogen-bond acceptors (Lipinski definition) is 4. The summed E-state index contributed by atoms with van der Waals surface area (Å²) in [7, 11) is -3.62. The molecular formula is C24H22N4O2S. The van der Waals surface area contributed by atoms with Crippen molar-refractivity contribution < 1.29 is 8.42 Å². The number of rotatable bonds is 7. The van der Waals surface area contributed by atoms with E-state index >= 15 is 0 Å². The molecule has 2 heterocycles. The number of sulfonamides is 1. The van der Waals surface area contributed by atoms with E-state index < -0.39 is 10.0 Å². The maximum Gasteiger partial charge on any atom is 0.261 e. The lowest BCUT2D eigenvalue weighted by atomic mass is 10.1. The van der Waals surface area contributed by atoms with Gasteiger partial charge in [0.25, 0.3) is 10.0 Å². The Balaban J connectivity index is 1.40. The Morgan fingerprint density at radius 3 is 2.45 bits per heavy atom. The molecule has 0 unspecified atom stereocenters. The van der Waals surface area contributed by atoms with Crippen LogP contribution in [-0.2, 0) is 16.4 Å². The van der Waals surface area contributed by atoms with Crippen LogP contribution in [0, 0.1) is 5.92 Å². The lowest BCUT2D eigenvalue weighted by Gasteiger charge is -2.09. The topological polar surface area (TPSA) is 76.4 Å². The van der Waals surface area contributed by atoms with Crippen molar-refractivity contribution in [2.45, 2.75) is 24.2 Å². The first-order valence-corrected chi connectivity index (χ1v) is 11.7. The minimum absolute atomic E-state index is 0.228. The lowest BCUT2D eigenvalue weighted by molar-refractivity contribution is 0.601. The number of aromatic nitrogens is 3. The fraction of sp³-hybridized carbons (Fsp3) is 0.167. The van der Waals surface area contributed by atoms with Gasteiger partial charge in [-0.3, -0.25) is 4.72 Å². The van der Waals surface area contributed by atoms with E-state index in [0.29, 0.717) is 18.0 Å². The quantitative estimate of drug-likeness (QED) is 0.431. The average molecular weight is 431 g/mol. The number of benzene rings is 2. The first kappa shape index (κ1) is 19.5. The number of nitrogens with one attached hydrogen (secondary N) is 1. The molecule has 1 aliphatic carbocycles. The first-order chi connectivity index (χ1) is 15.0. The molecule has 0 aliphatic heterocycles. The zero-order valence-corrected chi connectivity index (χ0v) is 17.7. The molecule has 0 saturated heterocycles. The fourth-order valence-corrected chi connectivity index (χ4v) is 4.68. The van der Waals surface area contributed by atoms with Gasteiger partial charge >= 0.3 is 0 Å². The Bertz CT molecular complexity index is 1360. The van der Waals surface area contributed by atoms with Gasteiger partial charge in [-0.15, -0.1) is 0 Å². The van der Waals surface area contributed by atoms with E-state index in [4.69, 9.17) is 5.10 Å². The Hall–Kier alpha value is -3.45. The largest absolute Gasteiger partial charge is 0.280 e. The van der Waals surface area contributed by atoms with Crippen molar-refractivity contribution in [1.82, 2.24) is 14.6 Å². The van der Waals surface area contributed by atoms with Crippen LogP contribution in [0.1, 0.15) is 18.7 Å². The van der Waals surface area contributed by atoms with E-state index in [-0.39, 0.29) is 4.90 Å². The monoisotopic (exact) mass is 430 g/mol. The summed E-state index contributed by atoms with van der Waals surface area (Å²) in [6.07, 6.45) is 3.14. The SMILES string of the molecule is C=C(Cc1nc2cccc(-c3ccc(NS(=O)(=O)c4ccccc4)cc3)n2n1)C1CC1. The van der Waals surface area contributed by atoms with Gasteiger partial charge in [0.2, 0.25) is 0 Å². The lowest BCUT2D eigenvalue weighted by Crippen LogP contribution is -2.12. The van der Waals surface area contributed by atoms with Crippen molar-refractivity contribution in [3.63, 3.8) is 0 Å². The molecule has 0 radical (unpaired) electrons. The summed E-state index contributed by atoms with van der Waals surface area (Å²) in [5, 5.41) is 4.69. The van der Waals surface area contributed by atoms with Crippen LogP contribution in [0.25, 0.3) is 16.9 Å². The van der Waals surface area contributed by atoms with Gasteiger partial charge in [0.1, 0.15) is 0 Å². The van der Waals surface area contributed by atoms with E-state index in [0.717, 1.165) is 22.7 Å². The molecule has 0 atom stereocenters. The van der Waals surface area contributed by atoms with Crippen molar-refractivity contribution in [3.05, 3.63) is 90.8 Å². The van der Waals surface area contributed by atoms with E-state index in [1.165, 1.54) is 18.4 Å². The molecule has 156 valence electrons. The van der Waals surface area contributed by atoms with Gasteiger partial charge in [0.15, 0.2) is 11.5 Å². The van der Waals surface area contributed by atoms with Crippen molar-refractivity contribution in [2.24, 2.45) is 5.92 Å². The highest BCUT2D eigenvalue weighted by molar-refractivity contribution is 7.92. The van der Waals surface area contributed by atoms with E-state index in [2.05, 4.69) is 16.3 Å². The van der Waals surface area contributed by atoms with Gasteiger partial charge in [0, 0.05) is 17.7 Å². The van der Waals surface area contributed by atoms with Gasteiger partial charge in [-0.25, -0.2) is 17.9 Å². The highest BCUT2D eigenvalue weighted by Crippen LogP contribution is 2.36. The normalized spacial score (nSPS) is 13.9. The van der Waals surface area contributed by atoms with Gasteiger partial charge in [0.05, 0.1) is 10.6 Å². The molecule has 0 spiro atoms. The van der Waals surface area contributed by atoms with E-state index in [1.807, 2.05) is 34.8 Å². The Morgan fingerprint density at radius 1 is 1.00 bits per heavy atom. The van der Waals surface area contributed by atoms with Crippen LogP contribution < -0.4 is 4.72 Å². The average Bonchev–Trinajstić information content (AvgIpc) is 3.55. The molecule has 2 aromatic carbocycles. The highest BCUT2D eigenvalue weighted by atomic mass is 32.2. The van der Waals surface area contributed by atoms with Gasteiger partial charge in [-0.2, -0.15) is 5.10 Å². The van der Waals surface area contributed by atoms with Crippen LogP contribution in [0.3, 0.4) is 0 Å². The summed E-state index contributed by atoms with van der Waals surface area (Å²) < 4.78 is 29.5. The Morgan fingerprint density at radius 2 is 1.74 bits per heavy atom. The molecular weight excluding hydrogens is 408 g/mol. The molecule has 0 amide bonds. The van der Waals surface area contributed by atoms with Crippen LogP contribution in [0.5, 0.6) is 0 Å². The summed E-state index contributed by atoms with van der Waals surface area (Å²) in [6, 6.07) is 21.4. The van der Waals surface area contributed by atoms with Crippen molar-refractivity contribution in [1.29, 1.82) is 0 Å². The zero-order chi connectivity index (χ0) is 21.4. The second kappa shape index (κ2) is 7.67. The number of fused-ring (bicyclic) bond motifs is 1. The van der Waals surface area contributed by atoms with Crippen molar-refractivity contribution in [3.8, 4) is 11.3 Å². The van der Waals surface area contributed by atoms with Gasteiger partial charge < -0.3 is 0 Å². The summed E-state index contributed by atoms with van der Waals surface area (Å²) in [5.41, 5.74) is 4.30. The molecule has 1 fully saturated rings. The van der Waals surface area contributed by atoms with Crippen molar-refractivity contribution in [2.75, 3.05) is 4.72 Å². The molecule has 2 aromatic heterocycles. The second-order valence-electron chi connectivity index (χ2n) is 7.81. The summed E-state index contributed by atoms with van der Waals surface area (Å²) >= 11 is 0. The number of hydrogen-bond donors (Lipinski definition) is 1. The molecule has 0 bridgehead atoms. The maximum atomic E-state index is 12.5. The summed E-state index contributed by atoms with van der Waals surface area (Å²) in [4.78, 5) is 4.88. The standard InChI is InChI=1S/C24H22N4O2S/c1-17(18-10-11-18)16-23-25-24-9-5-8-22(28(24)26-23)19-12-14-20(15-13-19)27-31(29,30)21-6-3-2-4-7-21/h2-9,12-15,18,27H,1,10-11,16H2. The van der Waals surface area contributed by atoms with Crippen LogP contribution in [0.15, 0.2) is 89.8 Å². The van der Waals surface area contributed by atoms with Crippen molar-refractivity contribution >= 4 is 21.4 Å². The minimum atomic E-state index is -3.62. The Kier molecular flexibility index (Phi) is 4.82. The number of allylic oxidation sites excluding steroid dienone is 1. The second-order valence-corrected chi connectivity index (χ2v) is 9.50. The maximum absolute atomic E-state index is 12.5. The van der Waals surface area contributed by atoms with E-state index in [9.17, 15) is 8.42 Å². The molecule has 7 heteroatoms. The van der Waals surface area contributed by atoms with Gasteiger partial charge in [-0.1, -0.05) is 48.6 Å². The molecule has 31 heavy (non-hydrogen) atoms. The molecule has 1 N–H and O–H groups in total. The molecule has 1 saturated carbocycles. The third kappa shape index (κ3) is 4.09. The summed E-state index contributed by atoms with van der Waals surface area (Å²) in [5.74, 6) is 1.40.